The molecule has 0 radical (unpaired) electrons. The van der Waals surface area contributed by atoms with Crippen molar-refractivity contribution in [3.63, 3.8) is 0 Å². The fourth-order valence-electron chi connectivity index (χ4n) is 7.08. The lowest BCUT2D eigenvalue weighted by atomic mass is 9.87. The molecule has 4 unspecified atom stereocenters. The number of methoxy groups -OCH3 is 1. The van der Waals surface area contributed by atoms with Gasteiger partial charge in [0.2, 0.25) is 5.88 Å². The van der Waals surface area contributed by atoms with Crippen LogP contribution in [-0.4, -0.2) is 105 Å². The van der Waals surface area contributed by atoms with E-state index < -0.39 is 0 Å². The highest BCUT2D eigenvalue weighted by Gasteiger charge is 2.44. The number of piperidine rings is 1. The first-order valence-corrected chi connectivity index (χ1v) is 14.9. The van der Waals surface area contributed by atoms with Crippen LogP contribution in [0.1, 0.15) is 24.0 Å². The Bertz CT molecular complexity index is 1660. The number of hydrogen-bond acceptors (Lipinski definition) is 11. The third-order valence-electron chi connectivity index (χ3n) is 9.32. The quantitative estimate of drug-likeness (QED) is 0.291. The first-order valence-electron chi connectivity index (χ1n) is 14.9. The second-order valence-corrected chi connectivity index (χ2v) is 11.8. The van der Waals surface area contributed by atoms with E-state index in [0.717, 1.165) is 57.1 Å². The third kappa shape index (κ3) is 4.83. The molecule has 0 aromatic carbocycles. The predicted molar refractivity (Wildman–Crippen MR) is 157 cm³/mol. The fourth-order valence-corrected chi connectivity index (χ4v) is 7.08. The van der Waals surface area contributed by atoms with Crippen LogP contribution in [0.25, 0.3) is 16.8 Å². The number of piperazine rings is 1. The first kappa shape index (κ1) is 26.3. The molecular weight excluding hydrogens is 546 g/mol. The van der Waals surface area contributed by atoms with Gasteiger partial charge in [-0.05, 0) is 24.5 Å². The summed E-state index contributed by atoms with van der Waals surface area (Å²) in [5, 5.41) is 14.2. The van der Waals surface area contributed by atoms with Crippen LogP contribution in [0.2, 0.25) is 0 Å². The number of rotatable bonds is 9. The van der Waals surface area contributed by atoms with Crippen LogP contribution in [0, 0.1) is 11.3 Å². The average molecular weight is 580 g/mol. The molecule has 0 aliphatic carbocycles. The minimum absolute atomic E-state index is 0.370. The maximum Gasteiger partial charge on any atom is 0.212 e. The summed E-state index contributed by atoms with van der Waals surface area (Å²) in [7, 11) is 1.63. The Morgan fingerprint density at radius 2 is 1.93 bits per heavy atom. The number of nitriles is 1. The summed E-state index contributed by atoms with van der Waals surface area (Å²) in [4.78, 5) is 21.3. The van der Waals surface area contributed by atoms with Crippen LogP contribution in [0.4, 0.5) is 5.82 Å². The second kappa shape index (κ2) is 10.8. The van der Waals surface area contributed by atoms with Gasteiger partial charge in [0.1, 0.15) is 24.2 Å². The average Bonchev–Trinajstić information content (AvgIpc) is 3.80. The Balaban J connectivity index is 0.962. The Kier molecular flexibility index (Phi) is 6.58. The van der Waals surface area contributed by atoms with Crippen molar-refractivity contribution in [3.05, 3.63) is 60.3 Å². The first-order chi connectivity index (χ1) is 21.1. The number of aromatic nitrogens is 5. The number of pyridine rings is 2. The molecule has 4 aromatic heterocycles. The number of anilines is 1. The molecule has 4 aromatic rings. The summed E-state index contributed by atoms with van der Waals surface area (Å²) in [5.41, 5.74) is 3.85. The number of ether oxygens (including phenoxy) is 3. The summed E-state index contributed by atoms with van der Waals surface area (Å²) in [5.74, 6) is 2.19. The van der Waals surface area contributed by atoms with E-state index in [0.29, 0.717) is 59.2 Å². The SMILES string of the molecule is COc1ccc(CN2C3CC2CN(c2cnc(-c4cc(OCCN5CC6CC5CO6)cn5ncc(C#N)c45)cn2)C3)cn1. The maximum absolute atomic E-state index is 9.75. The highest BCUT2D eigenvalue weighted by atomic mass is 16.5. The zero-order chi connectivity index (χ0) is 28.9. The molecule has 12 heteroatoms. The van der Waals surface area contributed by atoms with Gasteiger partial charge >= 0.3 is 0 Å². The van der Waals surface area contributed by atoms with Crippen LogP contribution in [0.5, 0.6) is 11.6 Å². The highest BCUT2D eigenvalue weighted by molar-refractivity contribution is 5.83. The Hall–Kier alpha value is -4.31. The minimum Gasteiger partial charge on any atom is -0.491 e. The number of hydrogen-bond donors (Lipinski definition) is 0. The molecule has 43 heavy (non-hydrogen) atoms. The molecule has 4 atom stereocenters. The zero-order valence-electron chi connectivity index (χ0n) is 24.0. The molecule has 12 nitrogen and oxygen atoms in total. The van der Waals surface area contributed by atoms with Gasteiger partial charge in [-0.3, -0.25) is 14.8 Å². The van der Waals surface area contributed by atoms with E-state index >= 15 is 0 Å². The van der Waals surface area contributed by atoms with E-state index in [1.807, 2.05) is 30.7 Å². The largest absolute Gasteiger partial charge is 0.491 e. The number of likely N-dealkylation sites (tertiary alicyclic amines) is 1. The van der Waals surface area contributed by atoms with Gasteiger partial charge in [-0.1, -0.05) is 6.07 Å². The van der Waals surface area contributed by atoms with E-state index in [1.54, 1.807) is 24.0 Å². The van der Waals surface area contributed by atoms with E-state index in [2.05, 4.69) is 36.9 Å². The predicted octanol–water partition coefficient (Wildman–Crippen LogP) is 2.38. The molecule has 5 saturated heterocycles. The standard InChI is InChI=1S/C31H33N9O3/c1-41-30-3-2-20(10-35-30)14-39-22-6-23(39)16-38(15-22)29-13-33-28(12-34-29)27-8-26(18-40-31(27)21(9-32)11-36-40)42-5-4-37-17-25-7-24(37)19-43-25/h2-3,8,10-13,18,22-25H,4-7,14-17,19H2,1H3. The van der Waals surface area contributed by atoms with E-state index in [4.69, 9.17) is 24.2 Å². The summed E-state index contributed by atoms with van der Waals surface area (Å²) < 4.78 is 18.8. The van der Waals surface area contributed by atoms with Crippen molar-refractivity contribution in [1.82, 2.24) is 34.4 Å². The molecule has 0 N–H and O–H groups in total. The molecule has 0 amide bonds. The van der Waals surface area contributed by atoms with Crippen molar-refractivity contribution in [2.45, 2.75) is 43.6 Å². The van der Waals surface area contributed by atoms with E-state index in [-0.39, 0.29) is 0 Å². The lowest BCUT2D eigenvalue weighted by Crippen LogP contribution is -2.68. The number of fused-ring (bicyclic) bond motifs is 5. The molecule has 9 rings (SSSR count). The van der Waals surface area contributed by atoms with Gasteiger partial charge in [-0.15, -0.1) is 0 Å². The van der Waals surface area contributed by atoms with Crippen molar-refractivity contribution in [2.24, 2.45) is 0 Å². The number of nitrogens with zero attached hydrogens (tertiary/aromatic N) is 9. The lowest BCUT2D eigenvalue weighted by Gasteiger charge is -2.56. The smallest absolute Gasteiger partial charge is 0.212 e. The Labute approximate surface area is 249 Å². The van der Waals surface area contributed by atoms with E-state index in [9.17, 15) is 5.26 Å². The van der Waals surface area contributed by atoms with Gasteiger partial charge < -0.3 is 19.1 Å². The molecule has 0 spiro atoms. The summed E-state index contributed by atoms with van der Waals surface area (Å²) in [6.45, 7) is 5.91. The Morgan fingerprint density at radius 1 is 1.02 bits per heavy atom. The van der Waals surface area contributed by atoms with Gasteiger partial charge in [0.05, 0.1) is 61.4 Å². The topological polar surface area (TPSA) is 117 Å². The van der Waals surface area contributed by atoms with Gasteiger partial charge in [0.25, 0.3) is 0 Å². The molecular formula is C31H33N9O3. The fraction of sp³-hybridized carbons (Fsp3) is 0.452. The van der Waals surface area contributed by atoms with Crippen molar-refractivity contribution < 1.29 is 14.2 Å². The molecule has 5 fully saturated rings. The summed E-state index contributed by atoms with van der Waals surface area (Å²) in [6.07, 6.45) is 11.6. The monoisotopic (exact) mass is 579 g/mol. The molecule has 5 aliphatic rings. The van der Waals surface area contributed by atoms with Gasteiger partial charge in [0.15, 0.2) is 0 Å². The van der Waals surface area contributed by atoms with Crippen LogP contribution >= 0.6 is 0 Å². The molecule has 0 saturated carbocycles. The Morgan fingerprint density at radius 3 is 2.63 bits per heavy atom. The van der Waals surface area contributed by atoms with Crippen molar-refractivity contribution >= 4 is 11.3 Å². The lowest BCUT2D eigenvalue weighted by molar-refractivity contribution is -0.00879. The van der Waals surface area contributed by atoms with Crippen molar-refractivity contribution in [3.8, 4) is 29.0 Å². The van der Waals surface area contributed by atoms with Crippen LogP contribution in [0.3, 0.4) is 0 Å². The summed E-state index contributed by atoms with van der Waals surface area (Å²) >= 11 is 0. The van der Waals surface area contributed by atoms with Gasteiger partial charge in [-0.25, -0.2) is 14.5 Å². The highest BCUT2D eigenvalue weighted by Crippen LogP contribution is 2.36. The zero-order valence-corrected chi connectivity index (χ0v) is 24.0. The van der Waals surface area contributed by atoms with Gasteiger partial charge in [0, 0.05) is 68.7 Å². The maximum atomic E-state index is 9.75. The van der Waals surface area contributed by atoms with Crippen molar-refractivity contribution in [2.75, 3.05) is 51.4 Å². The molecule has 5 aliphatic heterocycles. The minimum atomic E-state index is 0.370. The summed E-state index contributed by atoms with van der Waals surface area (Å²) in [6, 6.07) is 9.67. The van der Waals surface area contributed by atoms with Crippen LogP contribution < -0.4 is 14.4 Å². The van der Waals surface area contributed by atoms with Crippen LogP contribution in [0.15, 0.2) is 49.2 Å². The van der Waals surface area contributed by atoms with Crippen molar-refractivity contribution in [1.29, 1.82) is 5.26 Å². The normalized spacial score (nSPS) is 24.7. The molecule has 4 bridgehead atoms. The third-order valence-corrected chi connectivity index (χ3v) is 9.32. The molecule has 9 heterocycles. The molecule has 220 valence electrons. The number of morpholine rings is 1. The second-order valence-electron chi connectivity index (χ2n) is 11.8. The van der Waals surface area contributed by atoms with Crippen LogP contribution in [-0.2, 0) is 11.3 Å². The van der Waals surface area contributed by atoms with Gasteiger partial charge in [-0.2, -0.15) is 10.4 Å². The van der Waals surface area contributed by atoms with E-state index in [1.165, 1.54) is 12.0 Å².